The molecule has 0 aliphatic heterocycles. The summed E-state index contributed by atoms with van der Waals surface area (Å²) in [4.78, 5) is 25.5. The van der Waals surface area contributed by atoms with Crippen LogP contribution in [0.4, 0.5) is 4.79 Å². The summed E-state index contributed by atoms with van der Waals surface area (Å²) in [5.74, 6) is -1.03. The smallest absolute Gasteiger partial charge is 0.323 e. The number of nitrogens with zero attached hydrogens (tertiary/aromatic N) is 2. The summed E-state index contributed by atoms with van der Waals surface area (Å²) >= 11 is 0. The van der Waals surface area contributed by atoms with E-state index in [-0.39, 0.29) is 19.1 Å². The van der Waals surface area contributed by atoms with Gasteiger partial charge in [0.1, 0.15) is 6.54 Å². The average Bonchev–Trinajstić information content (AvgIpc) is 2.26. The van der Waals surface area contributed by atoms with Crippen molar-refractivity contribution in [2.24, 2.45) is 0 Å². The van der Waals surface area contributed by atoms with Gasteiger partial charge in [-0.2, -0.15) is 0 Å². The Kier molecular flexibility index (Phi) is 8.65. The van der Waals surface area contributed by atoms with Gasteiger partial charge in [0.05, 0.1) is 0 Å². The number of carbonyl (C=O) groups is 2. The molecule has 0 radical (unpaired) electrons. The zero-order valence-corrected chi connectivity index (χ0v) is 11.2. The van der Waals surface area contributed by atoms with E-state index in [0.29, 0.717) is 6.54 Å². The van der Waals surface area contributed by atoms with E-state index in [9.17, 15) is 9.59 Å². The molecule has 18 heavy (non-hydrogen) atoms. The Labute approximate surface area is 108 Å². The van der Waals surface area contributed by atoms with Gasteiger partial charge in [0.25, 0.3) is 0 Å². The number of hydrogen-bond donors (Lipinski definition) is 2. The first-order chi connectivity index (χ1) is 8.47. The van der Waals surface area contributed by atoms with Crippen LogP contribution >= 0.6 is 0 Å². The molecule has 0 saturated heterocycles. The van der Waals surface area contributed by atoms with Gasteiger partial charge in [0.15, 0.2) is 0 Å². The van der Waals surface area contributed by atoms with E-state index in [1.54, 1.807) is 0 Å². The Balaban J connectivity index is 3.88. The lowest BCUT2D eigenvalue weighted by atomic mass is 10.3. The molecule has 0 spiro atoms. The molecule has 0 fully saturated rings. The molecule has 0 aromatic heterocycles. The number of carbonyl (C=O) groups excluding carboxylic acids is 1. The Hall–Kier alpha value is -1.56. The first kappa shape index (κ1) is 16.4. The average molecular weight is 257 g/mol. The van der Waals surface area contributed by atoms with Gasteiger partial charge in [0.2, 0.25) is 0 Å². The van der Waals surface area contributed by atoms with Gasteiger partial charge in [-0.15, -0.1) is 6.58 Å². The summed E-state index contributed by atoms with van der Waals surface area (Å²) in [6, 6.07) is -0.359. The van der Waals surface area contributed by atoms with E-state index in [0.717, 1.165) is 19.4 Å². The van der Waals surface area contributed by atoms with E-state index >= 15 is 0 Å². The van der Waals surface area contributed by atoms with E-state index in [1.165, 1.54) is 11.0 Å². The van der Waals surface area contributed by atoms with Crippen molar-refractivity contribution in [3.8, 4) is 0 Å². The van der Waals surface area contributed by atoms with Crippen LogP contribution < -0.4 is 5.32 Å². The summed E-state index contributed by atoms with van der Waals surface area (Å²) < 4.78 is 0. The van der Waals surface area contributed by atoms with Crippen LogP contribution in [0.25, 0.3) is 0 Å². The highest BCUT2D eigenvalue weighted by molar-refractivity contribution is 5.80. The van der Waals surface area contributed by atoms with Crippen LogP contribution in [-0.4, -0.2) is 67.2 Å². The lowest BCUT2D eigenvalue weighted by Crippen LogP contribution is -2.43. The van der Waals surface area contributed by atoms with E-state index < -0.39 is 5.97 Å². The number of urea groups is 1. The van der Waals surface area contributed by atoms with Crippen molar-refractivity contribution < 1.29 is 14.7 Å². The zero-order valence-electron chi connectivity index (χ0n) is 11.2. The number of rotatable bonds is 9. The molecule has 104 valence electrons. The molecule has 0 aliphatic rings. The summed E-state index contributed by atoms with van der Waals surface area (Å²) in [7, 11) is 3.99. The van der Waals surface area contributed by atoms with Crippen LogP contribution in [-0.2, 0) is 4.79 Å². The third kappa shape index (κ3) is 8.58. The molecule has 0 aromatic carbocycles. The zero-order chi connectivity index (χ0) is 14.0. The molecule has 0 aliphatic carbocycles. The van der Waals surface area contributed by atoms with Crippen molar-refractivity contribution in [1.82, 2.24) is 15.1 Å². The maximum Gasteiger partial charge on any atom is 0.323 e. The van der Waals surface area contributed by atoms with Crippen molar-refractivity contribution in [2.45, 2.75) is 12.8 Å². The predicted molar refractivity (Wildman–Crippen MR) is 70.6 cm³/mol. The van der Waals surface area contributed by atoms with Crippen molar-refractivity contribution in [1.29, 1.82) is 0 Å². The minimum Gasteiger partial charge on any atom is -0.480 e. The Morgan fingerprint density at radius 1 is 1.33 bits per heavy atom. The monoisotopic (exact) mass is 257 g/mol. The molecule has 0 aromatic rings. The molecule has 0 atom stereocenters. The van der Waals surface area contributed by atoms with Gasteiger partial charge >= 0.3 is 12.0 Å². The fourth-order valence-corrected chi connectivity index (χ4v) is 1.40. The van der Waals surface area contributed by atoms with Gasteiger partial charge in [0, 0.05) is 13.1 Å². The van der Waals surface area contributed by atoms with Gasteiger partial charge in [-0.3, -0.25) is 4.79 Å². The van der Waals surface area contributed by atoms with Crippen molar-refractivity contribution in [3.05, 3.63) is 12.7 Å². The second-order valence-corrected chi connectivity index (χ2v) is 4.31. The molecule has 6 nitrogen and oxygen atoms in total. The lowest BCUT2D eigenvalue weighted by molar-refractivity contribution is -0.137. The summed E-state index contributed by atoms with van der Waals surface area (Å²) in [5, 5.41) is 11.4. The first-order valence-corrected chi connectivity index (χ1v) is 5.97. The predicted octanol–water partition coefficient (Wildman–Crippen LogP) is 0.610. The molecule has 2 amide bonds. The Morgan fingerprint density at radius 2 is 2.00 bits per heavy atom. The molecule has 0 saturated carbocycles. The molecule has 0 rings (SSSR count). The number of aliphatic carboxylic acids is 1. The number of nitrogens with one attached hydrogen (secondary N) is 1. The Bertz CT molecular complexity index is 280. The van der Waals surface area contributed by atoms with Gasteiger partial charge in [-0.25, -0.2) is 4.79 Å². The van der Waals surface area contributed by atoms with E-state index in [4.69, 9.17) is 5.11 Å². The van der Waals surface area contributed by atoms with Gasteiger partial charge < -0.3 is 20.2 Å². The molecule has 0 unspecified atom stereocenters. The van der Waals surface area contributed by atoms with Crippen LogP contribution in [0.2, 0.25) is 0 Å². The van der Waals surface area contributed by atoms with E-state index in [1.807, 2.05) is 14.1 Å². The number of hydrogen-bond acceptors (Lipinski definition) is 3. The maximum atomic E-state index is 11.7. The van der Waals surface area contributed by atoms with E-state index in [2.05, 4.69) is 16.8 Å². The number of carboxylic acid groups (broad SMARTS) is 1. The normalized spacial score (nSPS) is 10.2. The number of carboxylic acids is 1. The molecule has 0 bridgehead atoms. The quantitative estimate of drug-likeness (QED) is 0.469. The fourth-order valence-electron chi connectivity index (χ4n) is 1.40. The second kappa shape index (κ2) is 9.47. The van der Waals surface area contributed by atoms with Crippen molar-refractivity contribution in [3.63, 3.8) is 0 Å². The lowest BCUT2D eigenvalue weighted by Gasteiger charge is -2.19. The third-order valence-electron chi connectivity index (χ3n) is 2.27. The van der Waals surface area contributed by atoms with Gasteiger partial charge in [-0.05, 0) is 33.5 Å². The minimum absolute atomic E-state index is 0.232. The van der Waals surface area contributed by atoms with Crippen LogP contribution in [0.3, 0.4) is 0 Å². The highest BCUT2D eigenvalue weighted by atomic mass is 16.4. The minimum atomic E-state index is -1.03. The molecule has 6 heteroatoms. The SMILES string of the molecule is C=CCN(CC(=O)O)C(=O)NCCCCN(C)C. The Morgan fingerprint density at radius 3 is 2.50 bits per heavy atom. The van der Waals surface area contributed by atoms with Crippen LogP contribution in [0.5, 0.6) is 0 Å². The first-order valence-electron chi connectivity index (χ1n) is 5.97. The van der Waals surface area contributed by atoms with Crippen LogP contribution in [0.1, 0.15) is 12.8 Å². The fraction of sp³-hybridized carbons (Fsp3) is 0.667. The standard InChI is InChI=1S/C12H23N3O3/c1-4-8-15(10-11(16)17)12(18)13-7-5-6-9-14(2)3/h4H,1,5-10H2,2-3H3,(H,13,18)(H,16,17). The highest BCUT2D eigenvalue weighted by Gasteiger charge is 2.14. The molecule has 2 N–H and O–H groups in total. The molecule has 0 heterocycles. The number of unbranched alkanes of at least 4 members (excludes halogenated alkanes) is 1. The summed E-state index contributed by atoms with van der Waals surface area (Å²) in [5.41, 5.74) is 0. The summed E-state index contributed by atoms with van der Waals surface area (Å²) in [6.45, 7) is 4.95. The third-order valence-corrected chi connectivity index (χ3v) is 2.27. The largest absolute Gasteiger partial charge is 0.480 e. The number of amides is 2. The maximum absolute atomic E-state index is 11.7. The van der Waals surface area contributed by atoms with Crippen molar-refractivity contribution in [2.75, 3.05) is 40.3 Å². The molecular formula is C12H23N3O3. The summed E-state index contributed by atoms with van der Waals surface area (Å²) in [6.07, 6.45) is 3.38. The second-order valence-electron chi connectivity index (χ2n) is 4.31. The molecular weight excluding hydrogens is 234 g/mol. The highest BCUT2D eigenvalue weighted by Crippen LogP contribution is 1.93. The van der Waals surface area contributed by atoms with Gasteiger partial charge in [-0.1, -0.05) is 6.08 Å². The van der Waals surface area contributed by atoms with Crippen LogP contribution in [0, 0.1) is 0 Å². The topological polar surface area (TPSA) is 72.9 Å². The van der Waals surface area contributed by atoms with Crippen molar-refractivity contribution >= 4 is 12.0 Å². The van der Waals surface area contributed by atoms with Crippen LogP contribution in [0.15, 0.2) is 12.7 Å².